The van der Waals surface area contributed by atoms with Crippen molar-refractivity contribution < 1.29 is 9.53 Å². The third kappa shape index (κ3) is 2.26. The molecule has 1 aromatic rings. The first-order chi connectivity index (χ1) is 7.20. The average molecular weight is 291 g/mol. The molecule has 0 bridgehead atoms. The summed E-state index contributed by atoms with van der Waals surface area (Å²) in [5.74, 6) is 1.71. The minimum absolute atomic E-state index is 0.00840. The first kappa shape index (κ1) is 11.2. The normalized spacial score (nSPS) is 21.6. The molecule has 0 amide bonds. The van der Waals surface area contributed by atoms with Gasteiger partial charge in [-0.15, -0.1) is 0 Å². The molecule has 2 rings (SSSR count). The van der Waals surface area contributed by atoms with E-state index in [0.717, 1.165) is 16.0 Å². The quantitative estimate of drug-likeness (QED) is 0.775. The van der Waals surface area contributed by atoms with Gasteiger partial charge in [-0.2, -0.15) is 16.9 Å². The van der Waals surface area contributed by atoms with Crippen LogP contribution >= 0.6 is 27.7 Å². The van der Waals surface area contributed by atoms with E-state index in [1.165, 1.54) is 0 Å². The molecule has 1 aromatic heterocycles. The summed E-state index contributed by atoms with van der Waals surface area (Å²) in [6.45, 7) is 0.649. The molecule has 0 aromatic carbocycles. The Labute approximate surface area is 100 Å². The van der Waals surface area contributed by atoms with Gasteiger partial charge in [0.2, 0.25) is 5.78 Å². The van der Waals surface area contributed by atoms with E-state index in [2.05, 4.69) is 21.0 Å². The topological polar surface area (TPSA) is 44.1 Å². The van der Waals surface area contributed by atoms with Crippen molar-refractivity contribution in [3.8, 4) is 0 Å². The summed E-state index contributed by atoms with van der Waals surface area (Å²) in [6.07, 6.45) is 1.30. The second-order valence-electron chi connectivity index (χ2n) is 3.26. The lowest BCUT2D eigenvalue weighted by molar-refractivity contribution is 0.0509. The van der Waals surface area contributed by atoms with E-state index >= 15 is 0 Å². The van der Waals surface area contributed by atoms with E-state index in [1.807, 2.05) is 0 Å². The number of ketones is 1. The predicted molar refractivity (Wildman–Crippen MR) is 62.3 cm³/mol. The SMILES string of the molecule is Cn1ncc(Br)c1C(=O)C1CSCCO1. The van der Waals surface area contributed by atoms with Crippen LogP contribution in [0.25, 0.3) is 0 Å². The van der Waals surface area contributed by atoms with Crippen molar-refractivity contribution in [3.05, 3.63) is 16.4 Å². The van der Waals surface area contributed by atoms with Crippen LogP contribution in [-0.2, 0) is 11.8 Å². The molecule has 0 spiro atoms. The standard InChI is InChI=1S/C9H11BrN2O2S/c1-12-8(6(10)4-11-12)9(13)7-5-15-3-2-14-7/h4,7H,2-3,5H2,1H3. The van der Waals surface area contributed by atoms with Crippen molar-refractivity contribution in [2.45, 2.75) is 6.10 Å². The van der Waals surface area contributed by atoms with Gasteiger partial charge in [0.1, 0.15) is 11.8 Å². The summed E-state index contributed by atoms with van der Waals surface area (Å²) in [4.78, 5) is 12.1. The molecular weight excluding hydrogens is 280 g/mol. The van der Waals surface area contributed by atoms with Gasteiger partial charge in [-0.25, -0.2) is 0 Å². The molecule has 0 aliphatic carbocycles. The Hall–Kier alpha value is -0.330. The molecule has 15 heavy (non-hydrogen) atoms. The number of ether oxygens (including phenoxy) is 1. The number of aryl methyl sites for hydroxylation is 1. The summed E-state index contributed by atoms with van der Waals surface area (Å²) >= 11 is 5.07. The molecule has 1 fully saturated rings. The van der Waals surface area contributed by atoms with Gasteiger partial charge in [-0.05, 0) is 15.9 Å². The van der Waals surface area contributed by atoms with E-state index in [1.54, 1.807) is 29.7 Å². The maximum Gasteiger partial charge on any atom is 0.211 e. The number of halogens is 1. The first-order valence-electron chi connectivity index (χ1n) is 4.61. The van der Waals surface area contributed by atoms with Gasteiger partial charge >= 0.3 is 0 Å². The van der Waals surface area contributed by atoms with Crippen LogP contribution < -0.4 is 0 Å². The molecule has 1 atom stereocenters. The van der Waals surface area contributed by atoms with Gasteiger partial charge in [0, 0.05) is 18.6 Å². The van der Waals surface area contributed by atoms with Crippen LogP contribution in [0.2, 0.25) is 0 Å². The maximum absolute atomic E-state index is 12.1. The van der Waals surface area contributed by atoms with Gasteiger partial charge in [-0.3, -0.25) is 9.48 Å². The van der Waals surface area contributed by atoms with Gasteiger partial charge < -0.3 is 4.74 Å². The number of hydrogen-bond acceptors (Lipinski definition) is 4. The molecule has 82 valence electrons. The number of carbonyl (C=O) groups is 1. The molecule has 6 heteroatoms. The minimum atomic E-state index is -0.324. The third-order valence-corrected chi connectivity index (χ3v) is 3.81. The van der Waals surface area contributed by atoms with Crippen LogP contribution in [0.1, 0.15) is 10.5 Å². The number of rotatable bonds is 2. The predicted octanol–water partition coefficient (Wildman–Crippen LogP) is 1.50. The zero-order valence-corrected chi connectivity index (χ0v) is 10.7. The molecule has 2 heterocycles. The molecule has 0 N–H and O–H groups in total. The van der Waals surface area contributed by atoms with Crippen LogP contribution in [0.3, 0.4) is 0 Å². The highest BCUT2D eigenvalue weighted by Crippen LogP contribution is 2.21. The summed E-state index contributed by atoms with van der Waals surface area (Å²) in [6, 6.07) is 0. The highest BCUT2D eigenvalue weighted by Gasteiger charge is 2.27. The third-order valence-electron chi connectivity index (χ3n) is 2.24. The van der Waals surface area contributed by atoms with Crippen LogP contribution in [0, 0.1) is 0 Å². The van der Waals surface area contributed by atoms with Crippen LogP contribution in [0.5, 0.6) is 0 Å². The highest BCUT2D eigenvalue weighted by molar-refractivity contribution is 9.10. The van der Waals surface area contributed by atoms with E-state index in [0.29, 0.717) is 12.3 Å². The van der Waals surface area contributed by atoms with Crippen LogP contribution in [0.4, 0.5) is 0 Å². The average Bonchev–Trinajstić information content (AvgIpc) is 2.59. The molecule has 1 aliphatic rings. The van der Waals surface area contributed by atoms with Crippen molar-refractivity contribution in [1.82, 2.24) is 9.78 Å². The lowest BCUT2D eigenvalue weighted by Crippen LogP contribution is -2.32. The Bertz CT molecular complexity index is 355. The van der Waals surface area contributed by atoms with Gasteiger partial charge in [0.25, 0.3) is 0 Å². The van der Waals surface area contributed by atoms with Crippen LogP contribution in [0.15, 0.2) is 10.7 Å². The van der Waals surface area contributed by atoms with Crippen molar-refractivity contribution >= 4 is 33.5 Å². The Morgan fingerprint density at radius 2 is 2.60 bits per heavy atom. The summed E-state index contributed by atoms with van der Waals surface area (Å²) in [5.41, 5.74) is 0.586. The van der Waals surface area contributed by atoms with Crippen LogP contribution in [-0.4, -0.2) is 39.8 Å². The first-order valence-corrected chi connectivity index (χ1v) is 6.56. The van der Waals surface area contributed by atoms with Gasteiger partial charge in [0.05, 0.1) is 17.3 Å². The fourth-order valence-corrected chi connectivity index (χ4v) is 2.87. The second-order valence-corrected chi connectivity index (χ2v) is 5.27. The van der Waals surface area contributed by atoms with Crippen molar-refractivity contribution in [2.24, 2.45) is 7.05 Å². The number of thioether (sulfide) groups is 1. The fourth-order valence-electron chi connectivity index (χ4n) is 1.48. The van der Waals surface area contributed by atoms with E-state index in [-0.39, 0.29) is 11.9 Å². The monoisotopic (exact) mass is 290 g/mol. The molecule has 1 saturated heterocycles. The molecule has 0 radical (unpaired) electrons. The van der Waals surface area contributed by atoms with Crippen molar-refractivity contribution in [1.29, 1.82) is 0 Å². The number of carbonyl (C=O) groups excluding carboxylic acids is 1. The summed E-state index contributed by atoms with van der Waals surface area (Å²) in [5, 5.41) is 4.02. The number of Topliss-reactive ketones (excluding diaryl/α,β-unsaturated/α-hetero) is 1. The molecule has 4 nitrogen and oxygen atoms in total. The number of hydrogen-bond donors (Lipinski definition) is 0. The Kier molecular flexibility index (Phi) is 3.48. The summed E-state index contributed by atoms with van der Waals surface area (Å²) in [7, 11) is 1.76. The van der Waals surface area contributed by atoms with Crippen molar-refractivity contribution in [2.75, 3.05) is 18.1 Å². The van der Waals surface area contributed by atoms with Gasteiger partial charge in [0.15, 0.2) is 0 Å². The Morgan fingerprint density at radius 3 is 3.13 bits per heavy atom. The van der Waals surface area contributed by atoms with Gasteiger partial charge in [-0.1, -0.05) is 0 Å². The number of nitrogens with zero attached hydrogens (tertiary/aromatic N) is 2. The highest BCUT2D eigenvalue weighted by atomic mass is 79.9. The lowest BCUT2D eigenvalue weighted by atomic mass is 10.2. The fraction of sp³-hybridized carbons (Fsp3) is 0.556. The van der Waals surface area contributed by atoms with E-state index in [9.17, 15) is 4.79 Å². The van der Waals surface area contributed by atoms with E-state index < -0.39 is 0 Å². The Balaban J connectivity index is 2.19. The summed E-state index contributed by atoms with van der Waals surface area (Å²) < 4.78 is 7.75. The largest absolute Gasteiger partial charge is 0.368 e. The minimum Gasteiger partial charge on any atom is -0.368 e. The maximum atomic E-state index is 12.1. The zero-order chi connectivity index (χ0) is 10.8. The molecule has 0 saturated carbocycles. The molecule has 1 unspecified atom stereocenters. The Morgan fingerprint density at radius 1 is 1.80 bits per heavy atom. The second kappa shape index (κ2) is 4.67. The molecular formula is C9H11BrN2O2S. The smallest absolute Gasteiger partial charge is 0.211 e. The van der Waals surface area contributed by atoms with Crippen molar-refractivity contribution in [3.63, 3.8) is 0 Å². The molecule has 1 aliphatic heterocycles. The van der Waals surface area contributed by atoms with E-state index in [4.69, 9.17) is 4.74 Å². The zero-order valence-electron chi connectivity index (χ0n) is 8.27. The number of aromatic nitrogens is 2. The lowest BCUT2D eigenvalue weighted by Gasteiger charge is -2.21.